The van der Waals surface area contributed by atoms with Gasteiger partial charge in [0.1, 0.15) is 0 Å². The van der Waals surface area contributed by atoms with E-state index in [1.807, 2.05) is 30.3 Å². The average molecular weight is 586 g/mol. The van der Waals surface area contributed by atoms with Crippen LogP contribution in [0.25, 0.3) is 0 Å². The number of benzene rings is 2. The van der Waals surface area contributed by atoms with Gasteiger partial charge in [-0.15, -0.1) is 0 Å². The van der Waals surface area contributed by atoms with Gasteiger partial charge in [0.25, 0.3) is 0 Å². The quantitative estimate of drug-likeness (QED) is 0.423. The van der Waals surface area contributed by atoms with E-state index >= 15 is 0 Å². The van der Waals surface area contributed by atoms with Crippen molar-refractivity contribution in [1.29, 1.82) is 0 Å². The number of piperidine rings is 2. The Bertz CT molecular complexity index is 1180. The van der Waals surface area contributed by atoms with Crippen LogP contribution in [0.2, 0.25) is 0 Å². The maximum absolute atomic E-state index is 13.4. The molecule has 6 nitrogen and oxygen atoms in total. The molecule has 0 saturated carbocycles. The Morgan fingerprint density at radius 2 is 1.44 bits per heavy atom. The number of ether oxygens (including phenoxy) is 1. The Balaban J connectivity index is 1.52. The molecule has 2 saturated heterocycles. The summed E-state index contributed by atoms with van der Waals surface area (Å²) in [6, 6.07) is 10.5. The number of carbonyl (C=O) groups is 2. The van der Waals surface area contributed by atoms with E-state index in [2.05, 4.69) is 5.32 Å². The molecule has 0 aromatic heterocycles. The third-order valence-electron chi connectivity index (χ3n) is 7.89. The summed E-state index contributed by atoms with van der Waals surface area (Å²) in [6.07, 6.45) is -10.1. The van der Waals surface area contributed by atoms with Crippen LogP contribution in [0.3, 0.4) is 0 Å². The highest BCUT2D eigenvalue weighted by Gasteiger charge is 2.40. The summed E-state index contributed by atoms with van der Waals surface area (Å²) in [7, 11) is 1.55. The lowest BCUT2D eigenvalue weighted by atomic mass is 9.86. The maximum Gasteiger partial charge on any atom is 0.416 e. The zero-order valence-electron chi connectivity index (χ0n) is 22.8. The van der Waals surface area contributed by atoms with Crippen molar-refractivity contribution in [1.82, 2.24) is 15.1 Å². The summed E-state index contributed by atoms with van der Waals surface area (Å²) in [5, 5.41) is 2.59. The van der Waals surface area contributed by atoms with Crippen molar-refractivity contribution in [2.24, 2.45) is 5.92 Å². The Hall–Kier alpha value is -3.28. The number of hydrogen-bond donors (Lipinski definition) is 1. The average Bonchev–Trinajstić information content (AvgIpc) is 2.96. The predicted octanol–water partition coefficient (Wildman–Crippen LogP) is 6.24. The zero-order valence-corrected chi connectivity index (χ0v) is 22.8. The molecule has 3 atom stereocenters. The zero-order chi connectivity index (χ0) is 29.9. The molecule has 0 radical (unpaired) electrons. The van der Waals surface area contributed by atoms with Crippen LogP contribution in [0.4, 0.5) is 31.1 Å². The lowest BCUT2D eigenvalue weighted by Crippen LogP contribution is -2.50. The fourth-order valence-corrected chi connectivity index (χ4v) is 5.61. The molecule has 2 fully saturated rings. The van der Waals surface area contributed by atoms with Crippen molar-refractivity contribution in [3.63, 3.8) is 0 Å². The number of nitrogens with zero attached hydrogens (tertiary/aromatic N) is 2. The fraction of sp³-hybridized carbons (Fsp3) is 0.517. The van der Waals surface area contributed by atoms with Gasteiger partial charge in [-0.3, -0.25) is 4.79 Å². The van der Waals surface area contributed by atoms with Crippen molar-refractivity contribution in [3.05, 3.63) is 70.8 Å². The van der Waals surface area contributed by atoms with Crippen LogP contribution in [0.15, 0.2) is 48.5 Å². The Labute approximate surface area is 234 Å². The van der Waals surface area contributed by atoms with Gasteiger partial charge in [-0.2, -0.15) is 26.3 Å². The number of nitrogens with one attached hydrogen (secondary N) is 1. The first-order chi connectivity index (χ1) is 19.3. The Morgan fingerprint density at radius 3 is 1.98 bits per heavy atom. The van der Waals surface area contributed by atoms with Crippen LogP contribution in [-0.4, -0.2) is 61.1 Å². The van der Waals surface area contributed by atoms with E-state index in [9.17, 15) is 35.9 Å². The standard InChI is InChI=1S/C29H33F6N3O3/c1-18(21-14-22(28(30,31)32)16-23(15-21)29(33,34)35)41-25-10-13-38(17-24(25)19-6-4-3-5-7-19)26(39)20-8-11-37(12-9-20)27(40)36-2/h3-7,14-16,18,20,24-25H,8-13,17H2,1-2H3,(H,36,40)/t18-,24+,25+/m1/s1. The molecule has 12 heteroatoms. The van der Waals surface area contributed by atoms with Crippen LogP contribution in [0, 0.1) is 5.92 Å². The maximum atomic E-state index is 13.4. The summed E-state index contributed by atoms with van der Waals surface area (Å²) in [6.45, 7) is 3.01. The van der Waals surface area contributed by atoms with Crippen molar-refractivity contribution in [2.45, 2.75) is 56.7 Å². The van der Waals surface area contributed by atoms with E-state index in [4.69, 9.17) is 4.74 Å². The number of halogens is 6. The van der Waals surface area contributed by atoms with Gasteiger partial charge in [0.05, 0.1) is 23.3 Å². The highest BCUT2D eigenvalue weighted by Crippen LogP contribution is 2.40. The van der Waals surface area contributed by atoms with Crippen molar-refractivity contribution in [3.8, 4) is 0 Å². The highest BCUT2D eigenvalue weighted by molar-refractivity contribution is 5.80. The van der Waals surface area contributed by atoms with Crippen LogP contribution in [0.1, 0.15) is 60.5 Å². The van der Waals surface area contributed by atoms with E-state index in [-0.39, 0.29) is 35.4 Å². The molecular formula is C29H33F6N3O3. The van der Waals surface area contributed by atoms with E-state index in [0.29, 0.717) is 57.6 Å². The monoisotopic (exact) mass is 585 g/mol. The molecule has 41 heavy (non-hydrogen) atoms. The van der Waals surface area contributed by atoms with Crippen molar-refractivity contribution in [2.75, 3.05) is 33.2 Å². The van der Waals surface area contributed by atoms with Gasteiger partial charge < -0.3 is 19.9 Å². The number of urea groups is 1. The fourth-order valence-electron chi connectivity index (χ4n) is 5.61. The third kappa shape index (κ3) is 7.33. The number of rotatable bonds is 5. The summed E-state index contributed by atoms with van der Waals surface area (Å²) in [5.74, 6) is -0.605. The number of likely N-dealkylation sites (tertiary alicyclic amines) is 2. The number of amides is 3. The molecule has 0 unspecified atom stereocenters. The van der Waals surface area contributed by atoms with Gasteiger partial charge in [-0.25, -0.2) is 4.79 Å². The van der Waals surface area contributed by atoms with Gasteiger partial charge in [0, 0.05) is 45.1 Å². The minimum Gasteiger partial charge on any atom is -0.370 e. The van der Waals surface area contributed by atoms with Gasteiger partial charge >= 0.3 is 18.4 Å². The number of carbonyl (C=O) groups excluding carboxylic acids is 2. The van der Waals surface area contributed by atoms with Crippen LogP contribution in [0.5, 0.6) is 0 Å². The molecule has 2 aliphatic rings. The minimum atomic E-state index is -4.95. The van der Waals surface area contributed by atoms with Crippen molar-refractivity contribution >= 4 is 11.9 Å². The van der Waals surface area contributed by atoms with Crippen molar-refractivity contribution < 1.29 is 40.7 Å². The number of hydrogen-bond acceptors (Lipinski definition) is 3. The topological polar surface area (TPSA) is 61.9 Å². The van der Waals surface area contributed by atoms with Gasteiger partial charge in [0.15, 0.2) is 0 Å². The molecule has 3 amide bonds. The normalized spacial score (nSPS) is 21.5. The predicted molar refractivity (Wildman–Crippen MR) is 139 cm³/mol. The first-order valence-electron chi connectivity index (χ1n) is 13.5. The third-order valence-corrected chi connectivity index (χ3v) is 7.89. The minimum absolute atomic E-state index is 0.0262. The second-order valence-corrected chi connectivity index (χ2v) is 10.6. The van der Waals surface area contributed by atoms with Gasteiger partial charge in [0.2, 0.25) is 5.91 Å². The number of alkyl halides is 6. The molecular weight excluding hydrogens is 552 g/mol. The van der Waals surface area contributed by atoms with E-state index < -0.39 is 35.7 Å². The molecule has 4 rings (SSSR count). The second kappa shape index (κ2) is 12.3. The SMILES string of the molecule is CNC(=O)N1CCC(C(=O)N2CC[C@H](O[C@H](C)c3cc(C(F)(F)F)cc(C(F)(F)F)c3)[C@H](c3ccccc3)C2)CC1. The summed E-state index contributed by atoms with van der Waals surface area (Å²) < 4.78 is 86.7. The highest BCUT2D eigenvalue weighted by atomic mass is 19.4. The second-order valence-electron chi connectivity index (χ2n) is 10.6. The lowest BCUT2D eigenvalue weighted by molar-refractivity contribution is -0.143. The first-order valence-corrected chi connectivity index (χ1v) is 13.5. The lowest BCUT2D eigenvalue weighted by Gasteiger charge is -2.42. The summed E-state index contributed by atoms with van der Waals surface area (Å²) in [5.41, 5.74) is -2.14. The van der Waals surface area contributed by atoms with E-state index in [1.165, 1.54) is 6.92 Å². The molecule has 2 heterocycles. The van der Waals surface area contributed by atoms with E-state index in [1.54, 1.807) is 16.8 Å². The molecule has 2 aromatic carbocycles. The van der Waals surface area contributed by atoms with Gasteiger partial charge in [-0.05, 0) is 55.5 Å². The summed E-state index contributed by atoms with van der Waals surface area (Å²) >= 11 is 0. The van der Waals surface area contributed by atoms with Crippen LogP contribution < -0.4 is 5.32 Å². The largest absolute Gasteiger partial charge is 0.416 e. The Kier molecular flexibility index (Phi) is 9.20. The van der Waals surface area contributed by atoms with E-state index in [0.717, 1.165) is 5.56 Å². The molecule has 0 spiro atoms. The molecule has 1 N–H and O–H groups in total. The van der Waals surface area contributed by atoms with Crippen LogP contribution >= 0.6 is 0 Å². The Morgan fingerprint density at radius 1 is 0.878 bits per heavy atom. The summed E-state index contributed by atoms with van der Waals surface area (Å²) in [4.78, 5) is 28.8. The molecule has 0 bridgehead atoms. The molecule has 0 aliphatic carbocycles. The molecule has 2 aromatic rings. The van der Waals surface area contributed by atoms with Gasteiger partial charge in [-0.1, -0.05) is 30.3 Å². The molecule has 224 valence electrons. The smallest absolute Gasteiger partial charge is 0.370 e. The molecule has 2 aliphatic heterocycles. The first kappa shape index (κ1) is 30.7. The van der Waals surface area contributed by atoms with Crippen LogP contribution in [-0.2, 0) is 21.9 Å².